The first kappa shape index (κ1) is 89.6. The molecule has 49 nitrogen and oxygen atoms in total. The van der Waals surface area contributed by atoms with Crippen molar-refractivity contribution in [2.75, 3.05) is 59.5 Å². The lowest BCUT2D eigenvalue weighted by atomic mass is 9.93. The van der Waals surface area contributed by atoms with Crippen molar-refractivity contribution >= 4 is 17.7 Å². The number of ether oxygens (including phenoxy) is 17. The Balaban J connectivity index is 1.02. The molecule has 9 rings (SSSR count). The van der Waals surface area contributed by atoms with E-state index in [1.54, 1.807) is 0 Å². The summed E-state index contributed by atoms with van der Waals surface area (Å²) in [6.45, 7) is -6.61. The second kappa shape index (κ2) is 39.1. The Hall–Kier alpha value is -3.31. The van der Waals surface area contributed by atoms with Crippen LogP contribution < -0.4 is 16.0 Å². The number of aliphatic hydroxyl groups excluding tert-OH is 26. The van der Waals surface area contributed by atoms with Gasteiger partial charge in [0, 0.05) is 20.8 Å². The van der Waals surface area contributed by atoms with Crippen molar-refractivity contribution in [2.24, 2.45) is 0 Å². The molecule has 3 amide bonds. The number of carbonyl (C=O) groups excluding carboxylic acids is 3. The average Bonchev–Trinajstić information content (AvgIpc) is 0.773. The van der Waals surface area contributed by atoms with Gasteiger partial charge < -0.3 is 229 Å². The first-order valence-electron chi connectivity index (χ1n) is 34.6. The Morgan fingerprint density at radius 3 is 0.936 bits per heavy atom. The van der Waals surface area contributed by atoms with Crippen LogP contribution >= 0.6 is 0 Å². The molecule has 29 N–H and O–H groups in total. The predicted octanol–water partition coefficient (Wildman–Crippen LogP) is -20.2. The van der Waals surface area contributed by atoms with Gasteiger partial charge in [0.05, 0.1) is 59.5 Å². The third kappa shape index (κ3) is 19.7. The quantitative estimate of drug-likeness (QED) is 0.0346. The maximum Gasteiger partial charge on any atom is 0.217 e. The van der Waals surface area contributed by atoms with E-state index in [4.69, 9.17) is 80.5 Å². The first-order valence-corrected chi connectivity index (χ1v) is 34.6. The Kier molecular flexibility index (Phi) is 32.1. The highest BCUT2D eigenvalue weighted by Crippen LogP contribution is 2.39. The zero-order valence-electron chi connectivity index (χ0n) is 58.1. The number of amides is 3. The number of hydrogen-bond donors (Lipinski definition) is 29. The van der Waals surface area contributed by atoms with Crippen LogP contribution in [-0.2, 0) is 94.9 Å². The maximum atomic E-state index is 12.9. The lowest BCUT2D eigenvalue weighted by Crippen LogP contribution is -2.71. The van der Waals surface area contributed by atoms with E-state index in [-0.39, 0.29) is 0 Å². The van der Waals surface area contributed by atoms with Crippen molar-refractivity contribution in [3.63, 3.8) is 0 Å². The first-order chi connectivity index (χ1) is 51.6. The number of nitrogens with one attached hydrogen (secondary N) is 3. The summed E-state index contributed by atoms with van der Waals surface area (Å²) in [5, 5.41) is 293. The Labute approximate surface area is 616 Å². The number of rotatable bonds is 28. The van der Waals surface area contributed by atoms with Crippen LogP contribution in [0.5, 0.6) is 0 Å². The number of hydrogen-bond acceptors (Lipinski definition) is 46. The second-order valence-corrected chi connectivity index (χ2v) is 27.5. The molecule has 0 saturated carbocycles. The fourth-order valence-corrected chi connectivity index (χ4v) is 14.0. The molecule has 109 heavy (non-hydrogen) atoms. The van der Waals surface area contributed by atoms with Gasteiger partial charge in [0.15, 0.2) is 56.6 Å². The van der Waals surface area contributed by atoms with E-state index in [0.29, 0.717) is 0 Å². The van der Waals surface area contributed by atoms with Gasteiger partial charge in [-0.25, -0.2) is 0 Å². The molecule has 632 valence electrons. The van der Waals surface area contributed by atoms with Crippen molar-refractivity contribution in [1.29, 1.82) is 0 Å². The van der Waals surface area contributed by atoms with Crippen molar-refractivity contribution in [2.45, 2.75) is 297 Å². The summed E-state index contributed by atoms with van der Waals surface area (Å²) in [5.41, 5.74) is 0. The largest absolute Gasteiger partial charge is 0.394 e. The van der Waals surface area contributed by atoms with E-state index in [1.165, 1.54) is 0 Å². The van der Waals surface area contributed by atoms with Gasteiger partial charge in [-0.15, -0.1) is 0 Å². The molecule has 9 fully saturated rings. The van der Waals surface area contributed by atoms with Crippen molar-refractivity contribution in [1.82, 2.24) is 16.0 Å². The van der Waals surface area contributed by atoms with Crippen LogP contribution in [-0.4, -0.2) is 486 Å². The van der Waals surface area contributed by atoms with Crippen molar-refractivity contribution in [3.05, 3.63) is 0 Å². The molecule has 0 radical (unpaired) electrons. The van der Waals surface area contributed by atoms with Crippen LogP contribution in [0.1, 0.15) is 20.8 Å². The molecule has 45 atom stereocenters. The van der Waals surface area contributed by atoms with E-state index in [9.17, 15) is 147 Å². The summed E-state index contributed by atoms with van der Waals surface area (Å²) in [6.07, 6.45) is -86.7. The van der Waals surface area contributed by atoms with Crippen LogP contribution in [0.25, 0.3) is 0 Å². The molecule has 9 aliphatic heterocycles. The van der Waals surface area contributed by atoms with Gasteiger partial charge in [-0.2, -0.15) is 0 Å². The smallest absolute Gasteiger partial charge is 0.217 e. The zero-order chi connectivity index (χ0) is 80.2. The van der Waals surface area contributed by atoms with Gasteiger partial charge >= 0.3 is 0 Å². The van der Waals surface area contributed by atoms with Crippen molar-refractivity contribution < 1.29 is 228 Å². The van der Waals surface area contributed by atoms with Crippen LogP contribution in [0.15, 0.2) is 0 Å². The number of aliphatic hydroxyl groups is 26. The molecule has 0 aromatic rings. The summed E-state index contributed by atoms with van der Waals surface area (Å²) < 4.78 is 98.9. The Morgan fingerprint density at radius 1 is 0.239 bits per heavy atom. The molecule has 0 spiro atoms. The Morgan fingerprint density at radius 2 is 0.495 bits per heavy atom. The fraction of sp³-hybridized carbons (Fsp3) is 0.950. The van der Waals surface area contributed by atoms with Gasteiger partial charge in [0.2, 0.25) is 17.7 Å². The zero-order valence-corrected chi connectivity index (χ0v) is 58.1. The highest BCUT2D eigenvalue weighted by molar-refractivity contribution is 5.74. The van der Waals surface area contributed by atoms with Crippen molar-refractivity contribution in [3.8, 4) is 0 Å². The maximum absolute atomic E-state index is 12.9. The highest BCUT2D eigenvalue weighted by Gasteiger charge is 2.60. The summed E-state index contributed by atoms with van der Waals surface area (Å²) in [5.74, 6) is -2.62. The Bertz CT molecular complexity index is 2840. The van der Waals surface area contributed by atoms with Crippen LogP contribution in [0.2, 0.25) is 0 Å². The monoisotopic (exact) mass is 1600 g/mol. The molecule has 49 heteroatoms. The molecule has 1 unspecified atom stereocenters. The normalized spacial score (nSPS) is 50.0. The minimum atomic E-state index is -2.53. The summed E-state index contributed by atoms with van der Waals surface area (Å²) >= 11 is 0. The van der Waals surface area contributed by atoms with Gasteiger partial charge in [-0.05, 0) is 0 Å². The van der Waals surface area contributed by atoms with Gasteiger partial charge in [0.25, 0.3) is 0 Å². The van der Waals surface area contributed by atoms with E-state index < -0.39 is 353 Å². The fourth-order valence-electron chi connectivity index (χ4n) is 14.0. The van der Waals surface area contributed by atoms with E-state index in [2.05, 4.69) is 16.0 Å². The number of carbonyl (C=O) groups is 3. The molecule has 9 aliphatic rings. The minimum absolute atomic E-state index is 0.782. The minimum Gasteiger partial charge on any atom is -0.394 e. The van der Waals surface area contributed by atoms with E-state index >= 15 is 0 Å². The molecule has 9 heterocycles. The molecule has 0 aromatic carbocycles. The average molecular weight is 1600 g/mol. The summed E-state index contributed by atoms with van der Waals surface area (Å²) in [4.78, 5) is 37.8. The topological polar surface area (TPSA) is 770 Å². The third-order valence-corrected chi connectivity index (χ3v) is 19.9. The summed E-state index contributed by atoms with van der Waals surface area (Å²) in [7, 11) is 0. The van der Waals surface area contributed by atoms with Crippen LogP contribution in [0, 0.1) is 0 Å². The third-order valence-electron chi connectivity index (χ3n) is 19.9. The summed E-state index contributed by atoms with van der Waals surface area (Å²) in [6, 6.07) is -5.37. The molecule has 0 aliphatic carbocycles. The van der Waals surface area contributed by atoms with E-state index in [1.807, 2.05) is 0 Å². The SMILES string of the molecule is CC(=O)N[C@H]1[C@H](O[C@H]2[C@H](O)[C@@H](NC(C)=O)C(O)O[C@@H]2CO)O[C@H](CO)[C@@H](O[C@@H]2O[C@H](CO[C@H]3O[C@H](CO[C@H]4O[C@H](CO)[C@@H](O)[C@H](O)[C@@H]4O)[C@@H](O)[C@H](O[C@H]4O[C@H](CO)[C@@H](O)[C@H](O)[C@@H]4O)[C@@H]3O)[C@@H](O)[C@H](O[C@H]3O[C@H](CO)[C@@H](O[C@@H]4O[C@H](CO)[C@@H](O)[C@H](O[C@@H]5O[C@H](CO)[C@H](O)[C@H](O)[C@H]5O)[C@H]4NC(C)=O)[C@H](O)[C@@H]3O)[C@@H]2O)[C@@H]1O. The second-order valence-electron chi connectivity index (χ2n) is 27.5. The van der Waals surface area contributed by atoms with Gasteiger partial charge in [-0.1, -0.05) is 0 Å². The van der Waals surface area contributed by atoms with E-state index in [0.717, 1.165) is 20.8 Å². The standard InChI is InChI=1S/C60H101N3O46/c1-13(71)61-25-34(80)46(20(8-68)95-52(25)92)104-53-26(62-14(2)72)35(81)47(21(9-69)100-53)106-60-45(91)51(109-59-43(89)39(85)48(22(10-70)101-59)105-54-27(63-15(3)73)49(31(77)19(7-67)96-54)107-57-41(87)37(83)29(75)17(5-65)98-57)33(79)24(103-60)12-94-56-44(90)50(108-58-42(88)38(84)30(76)18(6-66)99-58)32(78)23(102-56)11-93-55-40(86)36(82)28(74)16(4-64)97-55/h16-60,64-70,74-92H,4-12H2,1-3H3,(H,61,71)(H,62,72)(H,63,73)/t16-,17-,18-,19-,20-,21-,22-,23-,24-,25-,26-,27-,28-,29+,30-,31-,32-,33-,34-,35-,36+,37+,38+,39-,40+,41-,42+,43+,44+,45+,46-,47-,48-,49-,50+,51+,52?,53+,54+,55+,56+,57+,58-,59-,60+/m1/s1. The van der Waals surface area contributed by atoms with Crippen LogP contribution in [0.3, 0.4) is 0 Å². The van der Waals surface area contributed by atoms with Gasteiger partial charge in [0.1, 0.15) is 220 Å². The molecule has 0 bridgehead atoms. The van der Waals surface area contributed by atoms with Crippen LogP contribution in [0.4, 0.5) is 0 Å². The lowest BCUT2D eigenvalue weighted by Gasteiger charge is -2.51. The molecular weight excluding hydrogens is 1500 g/mol. The highest BCUT2D eigenvalue weighted by atomic mass is 16.8. The molecule has 0 aromatic heterocycles. The molecular formula is C60H101N3O46. The predicted molar refractivity (Wildman–Crippen MR) is 332 cm³/mol. The lowest BCUT2D eigenvalue weighted by molar-refractivity contribution is -0.393. The van der Waals surface area contributed by atoms with Gasteiger partial charge in [-0.3, -0.25) is 14.4 Å². The molecule has 9 saturated heterocycles.